The van der Waals surface area contributed by atoms with E-state index in [1.165, 1.54) is 38.3 Å². The predicted molar refractivity (Wildman–Crippen MR) is 123 cm³/mol. The summed E-state index contributed by atoms with van der Waals surface area (Å²) in [5.41, 5.74) is 1.73. The molecular formula is C21H26N4O3S3. The van der Waals surface area contributed by atoms with Crippen LogP contribution in [-0.4, -0.2) is 55.8 Å². The first-order chi connectivity index (χ1) is 14.9. The maximum absolute atomic E-state index is 12.9. The summed E-state index contributed by atoms with van der Waals surface area (Å²) in [6.07, 6.45) is 5.27. The van der Waals surface area contributed by atoms with Gasteiger partial charge in [0.1, 0.15) is 15.3 Å². The summed E-state index contributed by atoms with van der Waals surface area (Å²) in [6, 6.07) is 5.26. The van der Waals surface area contributed by atoms with Crippen LogP contribution in [-0.2, 0) is 27.7 Å². The molecule has 0 saturated carbocycles. The van der Waals surface area contributed by atoms with Crippen LogP contribution in [0.5, 0.6) is 0 Å². The van der Waals surface area contributed by atoms with E-state index in [4.69, 9.17) is 0 Å². The van der Waals surface area contributed by atoms with Gasteiger partial charge in [-0.1, -0.05) is 12.5 Å². The number of hydrogen-bond donors (Lipinski definition) is 1. The molecule has 2 aromatic rings. The monoisotopic (exact) mass is 478 g/mol. The van der Waals surface area contributed by atoms with E-state index < -0.39 is 16.1 Å². The third-order valence-electron chi connectivity index (χ3n) is 6.06. The summed E-state index contributed by atoms with van der Waals surface area (Å²) < 4.78 is 27.2. The zero-order valence-electron chi connectivity index (χ0n) is 17.5. The first-order valence-corrected chi connectivity index (χ1v) is 13.7. The van der Waals surface area contributed by atoms with Crippen LogP contribution in [0.4, 0.5) is 5.00 Å². The van der Waals surface area contributed by atoms with Gasteiger partial charge in [-0.2, -0.15) is 9.57 Å². The molecule has 2 aromatic heterocycles. The molecule has 4 rings (SSSR count). The van der Waals surface area contributed by atoms with Crippen molar-refractivity contribution in [2.45, 2.75) is 49.3 Å². The van der Waals surface area contributed by atoms with Crippen molar-refractivity contribution in [2.75, 3.05) is 31.5 Å². The van der Waals surface area contributed by atoms with Crippen molar-refractivity contribution >= 4 is 43.6 Å². The highest BCUT2D eigenvalue weighted by molar-refractivity contribution is 7.91. The number of hydrogen-bond acceptors (Lipinski definition) is 7. The van der Waals surface area contributed by atoms with Crippen LogP contribution in [0, 0.1) is 11.3 Å². The minimum atomic E-state index is -3.46. The van der Waals surface area contributed by atoms with E-state index in [-0.39, 0.29) is 5.91 Å². The quantitative estimate of drug-likeness (QED) is 0.666. The van der Waals surface area contributed by atoms with Crippen LogP contribution in [0.2, 0.25) is 0 Å². The fraction of sp³-hybridized carbons (Fsp3) is 0.524. The molecule has 0 bridgehead atoms. The van der Waals surface area contributed by atoms with Crippen molar-refractivity contribution in [3.05, 3.63) is 33.5 Å². The molecule has 166 valence electrons. The lowest BCUT2D eigenvalue weighted by molar-refractivity contribution is -0.121. The zero-order chi connectivity index (χ0) is 22.0. The predicted octanol–water partition coefficient (Wildman–Crippen LogP) is 3.28. The van der Waals surface area contributed by atoms with E-state index >= 15 is 0 Å². The van der Waals surface area contributed by atoms with Crippen molar-refractivity contribution in [3.8, 4) is 6.07 Å². The molecule has 0 radical (unpaired) electrons. The van der Waals surface area contributed by atoms with Gasteiger partial charge in [0, 0.05) is 31.1 Å². The van der Waals surface area contributed by atoms with Gasteiger partial charge in [0.25, 0.3) is 10.0 Å². The van der Waals surface area contributed by atoms with Gasteiger partial charge in [0.2, 0.25) is 5.91 Å². The van der Waals surface area contributed by atoms with E-state index in [0.717, 1.165) is 31.2 Å². The van der Waals surface area contributed by atoms with Crippen LogP contribution in [0.15, 0.2) is 21.7 Å². The van der Waals surface area contributed by atoms with Crippen molar-refractivity contribution in [1.29, 1.82) is 5.26 Å². The number of carbonyl (C=O) groups excluding carboxylic acids is 1. The summed E-state index contributed by atoms with van der Waals surface area (Å²) in [5, 5.41) is 15.1. The summed E-state index contributed by atoms with van der Waals surface area (Å²) in [7, 11) is -3.46. The Balaban J connectivity index is 1.39. The van der Waals surface area contributed by atoms with Crippen LogP contribution < -0.4 is 5.32 Å². The van der Waals surface area contributed by atoms with Crippen LogP contribution in [0.1, 0.15) is 42.2 Å². The minimum Gasteiger partial charge on any atom is -0.315 e. The van der Waals surface area contributed by atoms with Gasteiger partial charge in [0.15, 0.2) is 0 Å². The third kappa shape index (κ3) is 4.56. The standard InChI is InChI=1S/C21H26N4O3S3/c1-15(24-9-11-25(12-10-24)31(27,28)19-8-5-13-29-19)20(26)23-21-17(14-22)16-6-3-2-4-7-18(16)30-21/h5,8,13,15H,2-4,6-7,9-12H2,1H3,(H,23,26)/t15-/m1/s1. The van der Waals surface area contributed by atoms with Crippen molar-refractivity contribution in [2.24, 2.45) is 0 Å². The molecule has 2 aliphatic rings. The van der Waals surface area contributed by atoms with Gasteiger partial charge < -0.3 is 5.32 Å². The number of piperazine rings is 1. The normalized spacial score (nSPS) is 19.2. The molecule has 0 unspecified atom stereocenters. The molecule has 1 atom stereocenters. The molecule has 0 aromatic carbocycles. The first kappa shape index (κ1) is 22.4. The molecule has 1 amide bonds. The van der Waals surface area contributed by atoms with Gasteiger partial charge in [-0.3, -0.25) is 9.69 Å². The minimum absolute atomic E-state index is 0.150. The van der Waals surface area contributed by atoms with Gasteiger partial charge in [0.05, 0.1) is 11.6 Å². The molecule has 10 heteroatoms. The van der Waals surface area contributed by atoms with E-state index in [2.05, 4.69) is 11.4 Å². The molecule has 1 aliphatic carbocycles. The number of anilines is 1. The second-order valence-corrected chi connectivity index (χ2v) is 12.1. The zero-order valence-corrected chi connectivity index (χ0v) is 19.9. The molecule has 3 heterocycles. The van der Waals surface area contributed by atoms with Crippen LogP contribution >= 0.6 is 22.7 Å². The Morgan fingerprint density at radius 2 is 1.94 bits per heavy atom. The Kier molecular flexibility index (Phi) is 6.79. The van der Waals surface area contributed by atoms with Crippen molar-refractivity contribution in [3.63, 3.8) is 0 Å². The summed E-state index contributed by atoms with van der Waals surface area (Å²) in [5.74, 6) is -0.150. The number of nitrogens with one attached hydrogen (secondary N) is 1. The van der Waals surface area contributed by atoms with E-state index in [9.17, 15) is 18.5 Å². The fourth-order valence-electron chi connectivity index (χ4n) is 4.20. The number of amides is 1. The fourth-order valence-corrected chi connectivity index (χ4v) is 8.01. The molecule has 31 heavy (non-hydrogen) atoms. The Morgan fingerprint density at radius 1 is 1.19 bits per heavy atom. The highest BCUT2D eigenvalue weighted by Gasteiger charge is 2.33. The Hall–Kier alpha value is -1.77. The second-order valence-electron chi connectivity index (χ2n) is 7.92. The highest BCUT2D eigenvalue weighted by atomic mass is 32.2. The van der Waals surface area contributed by atoms with E-state index in [1.54, 1.807) is 17.5 Å². The number of aryl methyl sites for hydroxylation is 1. The largest absolute Gasteiger partial charge is 0.315 e. The highest BCUT2D eigenvalue weighted by Crippen LogP contribution is 2.37. The van der Waals surface area contributed by atoms with Gasteiger partial charge in [-0.15, -0.1) is 22.7 Å². The number of nitriles is 1. The van der Waals surface area contributed by atoms with E-state index in [1.807, 2.05) is 11.8 Å². The van der Waals surface area contributed by atoms with Crippen molar-refractivity contribution in [1.82, 2.24) is 9.21 Å². The first-order valence-electron chi connectivity index (χ1n) is 10.5. The Bertz CT molecular complexity index is 1080. The molecular weight excluding hydrogens is 452 g/mol. The number of rotatable bonds is 5. The molecule has 7 nitrogen and oxygen atoms in total. The smallest absolute Gasteiger partial charge is 0.252 e. The number of nitrogens with zero attached hydrogens (tertiary/aromatic N) is 3. The van der Waals surface area contributed by atoms with E-state index in [0.29, 0.717) is 41.0 Å². The third-order valence-corrected chi connectivity index (χ3v) is 10.5. The summed E-state index contributed by atoms with van der Waals surface area (Å²) >= 11 is 2.76. The Morgan fingerprint density at radius 3 is 2.61 bits per heavy atom. The maximum atomic E-state index is 12.9. The van der Waals surface area contributed by atoms with Gasteiger partial charge in [-0.05, 0) is 49.6 Å². The second kappa shape index (κ2) is 9.38. The number of fused-ring (bicyclic) bond motifs is 1. The maximum Gasteiger partial charge on any atom is 0.252 e. The lowest BCUT2D eigenvalue weighted by Gasteiger charge is -2.36. The summed E-state index contributed by atoms with van der Waals surface area (Å²) in [4.78, 5) is 16.2. The number of thiophene rings is 2. The number of carbonyl (C=O) groups is 1. The molecule has 1 saturated heterocycles. The average molecular weight is 479 g/mol. The summed E-state index contributed by atoms with van der Waals surface area (Å²) in [6.45, 7) is 3.53. The molecule has 1 aliphatic heterocycles. The van der Waals surface area contributed by atoms with Crippen LogP contribution in [0.3, 0.4) is 0 Å². The molecule has 1 fully saturated rings. The topological polar surface area (TPSA) is 93.5 Å². The van der Waals surface area contributed by atoms with Crippen molar-refractivity contribution < 1.29 is 13.2 Å². The SMILES string of the molecule is C[C@H](C(=O)Nc1sc2c(c1C#N)CCCCC2)N1CCN(S(=O)(=O)c2cccs2)CC1. The molecule has 0 spiro atoms. The average Bonchev–Trinajstić information content (AvgIpc) is 3.37. The molecule has 1 N–H and O–H groups in total. The lowest BCUT2D eigenvalue weighted by Crippen LogP contribution is -2.53. The van der Waals surface area contributed by atoms with Gasteiger partial charge >= 0.3 is 0 Å². The number of sulfonamides is 1. The van der Waals surface area contributed by atoms with Crippen LogP contribution in [0.25, 0.3) is 0 Å². The Labute approximate surface area is 191 Å². The van der Waals surface area contributed by atoms with Gasteiger partial charge in [-0.25, -0.2) is 8.42 Å². The lowest BCUT2D eigenvalue weighted by atomic mass is 10.1.